The Hall–Kier alpha value is -3.08. The van der Waals surface area contributed by atoms with E-state index in [4.69, 9.17) is 11.5 Å². The number of nitrogens with zero attached hydrogens (tertiary/aromatic N) is 2. The number of aromatic nitrogens is 2. The van der Waals surface area contributed by atoms with E-state index < -0.39 is 0 Å². The second-order valence-electron chi connectivity index (χ2n) is 4.55. The summed E-state index contributed by atoms with van der Waals surface area (Å²) in [6, 6.07) is 19.2. The highest BCUT2D eigenvalue weighted by molar-refractivity contribution is 5.83. The quantitative estimate of drug-likeness (QED) is 0.684. The predicted molar refractivity (Wildman–Crippen MR) is 86.0 cm³/mol. The van der Waals surface area contributed by atoms with Gasteiger partial charge in [-0.2, -0.15) is 9.97 Å². The fourth-order valence-corrected chi connectivity index (χ4v) is 2.10. The van der Waals surface area contributed by atoms with Gasteiger partial charge >= 0.3 is 0 Å². The van der Waals surface area contributed by atoms with Crippen LogP contribution in [-0.4, -0.2) is 9.97 Å². The summed E-state index contributed by atoms with van der Waals surface area (Å²) in [4.78, 5) is 8.56. The molecule has 0 bridgehead atoms. The lowest BCUT2D eigenvalue weighted by molar-refractivity contribution is 1.18. The van der Waals surface area contributed by atoms with Crippen LogP contribution in [0.2, 0.25) is 0 Å². The van der Waals surface area contributed by atoms with Crippen LogP contribution in [0.5, 0.6) is 0 Å². The summed E-state index contributed by atoms with van der Waals surface area (Å²) in [5, 5.41) is 3.08. The van der Waals surface area contributed by atoms with Gasteiger partial charge in [0.15, 0.2) is 0 Å². The fraction of sp³-hybridized carbons (Fsp3) is 0. The van der Waals surface area contributed by atoms with Gasteiger partial charge in [0.2, 0.25) is 5.95 Å². The number of para-hydroxylation sites is 1. The van der Waals surface area contributed by atoms with Crippen molar-refractivity contribution < 1.29 is 0 Å². The third-order valence-electron chi connectivity index (χ3n) is 3.06. The minimum Gasteiger partial charge on any atom is -0.383 e. The zero-order valence-corrected chi connectivity index (χ0v) is 11.3. The molecule has 0 fully saturated rings. The number of benzene rings is 2. The van der Waals surface area contributed by atoms with Crippen LogP contribution in [-0.2, 0) is 0 Å². The molecule has 104 valence electrons. The summed E-state index contributed by atoms with van der Waals surface area (Å²) in [7, 11) is 0. The molecular formula is C16H15N5. The minimum atomic E-state index is 0.354. The Labute approximate surface area is 122 Å². The standard InChI is InChI=1S/C16H15N5/c17-14-13(11-7-3-1-4-8-11)15(18)21-16(20-14)19-12-9-5-2-6-10-12/h1-10H,(H5,17,18,19,20,21). The van der Waals surface area contributed by atoms with Crippen molar-refractivity contribution in [2.75, 3.05) is 16.8 Å². The van der Waals surface area contributed by atoms with Gasteiger partial charge < -0.3 is 16.8 Å². The molecule has 5 heteroatoms. The zero-order valence-electron chi connectivity index (χ0n) is 11.3. The van der Waals surface area contributed by atoms with E-state index in [2.05, 4.69) is 15.3 Å². The van der Waals surface area contributed by atoms with Crippen molar-refractivity contribution in [3.63, 3.8) is 0 Å². The second kappa shape index (κ2) is 5.50. The van der Waals surface area contributed by atoms with Gasteiger partial charge in [0.1, 0.15) is 11.6 Å². The van der Waals surface area contributed by atoms with E-state index in [9.17, 15) is 0 Å². The molecule has 0 aliphatic heterocycles. The molecule has 21 heavy (non-hydrogen) atoms. The van der Waals surface area contributed by atoms with Crippen LogP contribution in [0.4, 0.5) is 23.3 Å². The molecule has 0 aliphatic carbocycles. The Bertz CT molecular complexity index is 718. The molecule has 1 aromatic heterocycles. The molecule has 3 rings (SSSR count). The van der Waals surface area contributed by atoms with Crippen molar-refractivity contribution in [1.82, 2.24) is 9.97 Å². The first-order valence-electron chi connectivity index (χ1n) is 6.54. The highest BCUT2D eigenvalue weighted by Gasteiger charge is 2.12. The van der Waals surface area contributed by atoms with E-state index in [1.165, 1.54) is 0 Å². The third kappa shape index (κ3) is 2.76. The van der Waals surface area contributed by atoms with Crippen molar-refractivity contribution in [3.8, 4) is 11.1 Å². The van der Waals surface area contributed by atoms with Crippen LogP contribution in [0.15, 0.2) is 60.7 Å². The molecule has 0 amide bonds. The average molecular weight is 277 g/mol. The van der Waals surface area contributed by atoms with E-state index in [0.29, 0.717) is 23.1 Å². The Balaban J connectivity index is 1.97. The van der Waals surface area contributed by atoms with Crippen LogP contribution in [0.25, 0.3) is 11.1 Å². The van der Waals surface area contributed by atoms with Crippen LogP contribution in [0.1, 0.15) is 0 Å². The van der Waals surface area contributed by atoms with Gasteiger partial charge in [-0.05, 0) is 17.7 Å². The van der Waals surface area contributed by atoms with Crippen LogP contribution in [0.3, 0.4) is 0 Å². The Morgan fingerprint density at radius 2 is 1.24 bits per heavy atom. The number of hydrogen-bond donors (Lipinski definition) is 3. The normalized spacial score (nSPS) is 10.3. The SMILES string of the molecule is Nc1nc(Nc2ccccc2)nc(N)c1-c1ccccc1. The second-order valence-corrected chi connectivity index (χ2v) is 4.55. The molecule has 2 aromatic carbocycles. The first kappa shape index (κ1) is 12.9. The van der Waals surface area contributed by atoms with E-state index in [1.807, 2.05) is 60.7 Å². The molecule has 0 unspecified atom stereocenters. The van der Waals surface area contributed by atoms with Gasteiger partial charge in [-0.25, -0.2) is 0 Å². The summed E-state index contributed by atoms with van der Waals surface area (Å²) in [5.41, 5.74) is 14.5. The first-order valence-corrected chi connectivity index (χ1v) is 6.54. The molecule has 0 radical (unpaired) electrons. The van der Waals surface area contributed by atoms with Crippen molar-refractivity contribution in [2.24, 2.45) is 0 Å². The van der Waals surface area contributed by atoms with Gasteiger partial charge in [0.25, 0.3) is 0 Å². The first-order chi connectivity index (χ1) is 10.2. The third-order valence-corrected chi connectivity index (χ3v) is 3.06. The summed E-state index contributed by atoms with van der Waals surface area (Å²) >= 11 is 0. The molecule has 0 aliphatic rings. The van der Waals surface area contributed by atoms with Gasteiger partial charge in [-0.1, -0.05) is 48.5 Å². The maximum Gasteiger partial charge on any atom is 0.231 e. The average Bonchev–Trinajstić information content (AvgIpc) is 2.49. The monoisotopic (exact) mass is 277 g/mol. The van der Waals surface area contributed by atoms with E-state index in [0.717, 1.165) is 11.3 Å². The van der Waals surface area contributed by atoms with Gasteiger partial charge in [-0.15, -0.1) is 0 Å². The van der Waals surface area contributed by atoms with Crippen molar-refractivity contribution in [2.45, 2.75) is 0 Å². The lowest BCUT2D eigenvalue weighted by Gasteiger charge is -2.11. The lowest BCUT2D eigenvalue weighted by Crippen LogP contribution is -2.06. The van der Waals surface area contributed by atoms with Crippen molar-refractivity contribution in [3.05, 3.63) is 60.7 Å². The molecule has 5 N–H and O–H groups in total. The number of hydrogen-bond acceptors (Lipinski definition) is 5. The van der Waals surface area contributed by atoms with Gasteiger partial charge in [0, 0.05) is 5.69 Å². The summed E-state index contributed by atoms with van der Waals surface area (Å²) in [5.74, 6) is 1.09. The molecule has 0 atom stereocenters. The number of nitrogens with two attached hydrogens (primary N) is 2. The van der Waals surface area contributed by atoms with Gasteiger partial charge in [-0.3, -0.25) is 0 Å². The number of rotatable bonds is 3. The summed E-state index contributed by atoms with van der Waals surface area (Å²) in [6.07, 6.45) is 0. The Morgan fingerprint density at radius 1 is 0.714 bits per heavy atom. The van der Waals surface area contributed by atoms with E-state index in [-0.39, 0.29) is 0 Å². The molecule has 0 saturated heterocycles. The molecular weight excluding hydrogens is 262 g/mol. The molecule has 0 spiro atoms. The van der Waals surface area contributed by atoms with Gasteiger partial charge in [0.05, 0.1) is 5.56 Å². The van der Waals surface area contributed by atoms with Crippen LogP contribution >= 0.6 is 0 Å². The van der Waals surface area contributed by atoms with Crippen molar-refractivity contribution >= 4 is 23.3 Å². The molecule has 1 heterocycles. The molecule has 3 aromatic rings. The predicted octanol–water partition coefficient (Wildman–Crippen LogP) is 3.05. The Morgan fingerprint density at radius 3 is 1.81 bits per heavy atom. The molecule has 5 nitrogen and oxygen atoms in total. The highest BCUT2D eigenvalue weighted by Crippen LogP contribution is 2.30. The number of nitrogens with one attached hydrogen (secondary N) is 1. The number of nitrogen functional groups attached to an aromatic ring is 2. The maximum atomic E-state index is 6.04. The van der Waals surface area contributed by atoms with Crippen LogP contribution in [0, 0.1) is 0 Å². The summed E-state index contributed by atoms with van der Waals surface area (Å²) < 4.78 is 0. The smallest absolute Gasteiger partial charge is 0.231 e. The fourth-order valence-electron chi connectivity index (χ4n) is 2.10. The molecule has 0 saturated carbocycles. The lowest BCUT2D eigenvalue weighted by atomic mass is 10.1. The minimum absolute atomic E-state index is 0.354. The number of anilines is 4. The largest absolute Gasteiger partial charge is 0.383 e. The maximum absolute atomic E-state index is 6.04. The zero-order chi connectivity index (χ0) is 14.7. The van der Waals surface area contributed by atoms with E-state index >= 15 is 0 Å². The topological polar surface area (TPSA) is 89.8 Å². The van der Waals surface area contributed by atoms with Crippen molar-refractivity contribution in [1.29, 1.82) is 0 Å². The Kier molecular flexibility index (Phi) is 3.39. The highest BCUT2D eigenvalue weighted by atomic mass is 15.1. The summed E-state index contributed by atoms with van der Waals surface area (Å²) in [6.45, 7) is 0. The van der Waals surface area contributed by atoms with Crippen LogP contribution < -0.4 is 16.8 Å². The van der Waals surface area contributed by atoms with E-state index in [1.54, 1.807) is 0 Å².